The van der Waals surface area contributed by atoms with Crippen molar-refractivity contribution in [3.63, 3.8) is 0 Å². The summed E-state index contributed by atoms with van der Waals surface area (Å²) in [5.41, 5.74) is 0. The predicted molar refractivity (Wildman–Crippen MR) is 126 cm³/mol. The molecule has 0 saturated heterocycles. The maximum absolute atomic E-state index is 12.6. The highest BCUT2D eigenvalue weighted by molar-refractivity contribution is 8.28. The van der Waals surface area contributed by atoms with Crippen LogP contribution in [0.1, 0.15) is 77.6 Å². The minimum absolute atomic E-state index is 0.344. The van der Waals surface area contributed by atoms with Crippen LogP contribution in [0.2, 0.25) is 19.1 Å². The van der Waals surface area contributed by atoms with E-state index in [-0.39, 0.29) is 0 Å². The second-order valence-electron chi connectivity index (χ2n) is 9.04. The van der Waals surface area contributed by atoms with Gasteiger partial charge in [-0.15, -0.1) is 0 Å². The van der Waals surface area contributed by atoms with Crippen LogP contribution < -0.4 is 0 Å². The van der Waals surface area contributed by atoms with Crippen LogP contribution >= 0.6 is 0 Å². The van der Waals surface area contributed by atoms with E-state index >= 15 is 0 Å². The Morgan fingerprint density at radius 3 is 1.10 bits per heavy atom. The third kappa shape index (κ3) is 7.61. The maximum Gasteiger partial charge on any atom is 0.256 e. The molecule has 0 rings (SSSR count). The third-order valence-electron chi connectivity index (χ3n) is 5.70. The van der Waals surface area contributed by atoms with Crippen molar-refractivity contribution in [1.82, 2.24) is 0 Å². The van der Waals surface area contributed by atoms with Crippen LogP contribution in [0, 0.1) is 0 Å². The molecule has 0 aliphatic carbocycles. The molecule has 176 valence electrons. The molecule has 6 nitrogen and oxygen atoms in total. The average molecular weight is 491 g/mol. The lowest BCUT2D eigenvalue weighted by atomic mass is 10.1. The predicted octanol–water partition coefficient (Wildman–Crippen LogP) is 4.33. The molecule has 0 heterocycles. The van der Waals surface area contributed by atoms with E-state index in [2.05, 4.69) is 6.92 Å². The molecule has 0 atom stereocenters. The van der Waals surface area contributed by atoms with Gasteiger partial charge in [-0.3, -0.25) is 0 Å². The molecule has 0 aliphatic heterocycles. The monoisotopic (exact) mass is 490 g/mol. The van der Waals surface area contributed by atoms with E-state index in [0.29, 0.717) is 12.5 Å². The summed E-state index contributed by atoms with van der Waals surface area (Å²) in [4.78, 5) is 0. The molecular formula is C19H42O6S3Si. The molecule has 0 unspecified atom stereocenters. The highest BCUT2D eigenvalue weighted by atomic mass is 32.3. The molecular weight excluding hydrogens is 448 g/mol. The van der Waals surface area contributed by atoms with Crippen molar-refractivity contribution in [2.45, 2.75) is 99.7 Å². The first-order valence-corrected chi connectivity index (χ1v) is 19.5. The van der Waals surface area contributed by atoms with Gasteiger partial charge in [-0.05, 0) is 0 Å². The van der Waals surface area contributed by atoms with E-state index in [1.165, 1.54) is 44.9 Å². The number of hydrogen-bond acceptors (Lipinski definition) is 6. The molecule has 0 aliphatic rings. The van der Waals surface area contributed by atoms with Gasteiger partial charge in [-0.1, -0.05) is 96.7 Å². The van der Waals surface area contributed by atoms with Gasteiger partial charge in [0.1, 0.15) is 8.07 Å². The molecule has 0 saturated carbocycles. The quantitative estimate of drug-likeness (QED) is 0.236. The van der Waals surface area contributed by atoms with E-state index in [0.717, 1.165) is 38.0 Å². The lowest BCUT2D eigenvalue weighted by Crippen LogP contribution is -2.67. The lowest BCUT2D eigenvalue weighted by molar-refractivity contribution is 0.553. The molecule has 0 aromatic carbocycles. The van der Waals surface area contributed by atoms with E-state index in [4.69, 9.17) is 0 Å². The SMILES string of the molecule is CCCCCCCCCCCCC[Si](C)(C)C(S(C)(=O)=O)(S(C)(=O)=O)S(C)(=O)=O. The van der Waals surface area contributed by atoms with Gasteiger partial charge in [-0.25, -0.2) is 25.3 Å². The van der Waals surface area contributed by atoms with Crippen LogP contribution in [0.4, 0.5) is 0 Å². The summed E-state index contributed by atoms with van der Waals surface area (Å²) in [5, 5.41) is 0. The van der Waals surface area contributed by atoms with Crippen LogP contribution in [-0.2, 0) is 29.5 Å². The Hall–Kier alpha value is 0.0669. The van der Waals surface area contributed by atoms with E-state index < -0.39 is 40.6 Å². The Morgan fingerprint density at radius 1 is 0.552 bits per heavy atom. The van der Waals surface area contributed by atoms with Gasteiger partial charge in [-0.2, -0.15) is 0 Å². The number of unbranched alkanes of at least 4 members (excludes halogenated alkanes) is 10. The first kappa shape index (κ1) is 29.1. The first-order valence-electron chi connectivity index (χ1n) is 10.6. The van der Waals surface area contributed by atoms with Gasteiger partial charge >= 0.3 is 0 Å². The number of sulfone groups is 3. The van der Waals surface area contributed by atoms with E-state index in [1.807, 2.05) is 0 Å². The van der Waals surface area contributed by atoms with Gasteiger partial charge in [0.2, 0.25) is 0 Å². The summed E-state index contributed by atoms with van der Waals surface area (Å²) < 4.78 is 72.7. The van der Waals surface area contributed by atoms with Crippen molar-refractivity contribution in [2.75, 3.05) is 18.8 Å². The maximum atomic E-state index is 12.6. The van der Waals surface area contributed by atoms with Crippen LogP contribution in [0.15, 0.2) is 0 Å². The van der Waals surface area contributed by atoms with Crippen molar-refractivity contribution in [1.29, 1.82) is 0 Å². The summed E-state index contributed by atoms with van der Waals surface area (Å²) in [6.07, 6.45) is 14.6. The Balaban J connectivity index is 4.90. The molecule has 0 radical (unpaired) electrons. The average Bonchev–Trinajstić information content (AvgIpc) is 2.48. The largest absolute Gasteiger partial charge is 0.256 e. The Labute approximate surface area is 181 Å². The van der Waals surface area contributed by atoms with E-state index in [9.17, 15) is 25.3 Å². The normalized spacial score (nSPS) is 14.3. The Kier molecular flexibility index (Phi) is 11.6. The summed E-state index contributed by atoms with van der Waals surface area (Å²) in [5.74, 6) is 0. The van der Waals surface area contributed by atoms with Gasteiger partial charge in [0.25, 0.3) is 3.03 Å². The van der Waals surface area contributed by atoms with Crippen molar-refractivity contribution < 1.29 is 25.3 Å². The fourth-order valence-electron chi connectivity index (χ4n) is 4.71. The molecule has 0 aromatic rings. The van der Waals surface area contributed by atoms with Gasteiger partial charge in [0, 0.05) is 18.8 Å². The van der Waals surface area contributed by atoms with Crippen molar-refractivity contribution in [2.24, 2.45) is 0 Å². The zero-order valence-electron chi connectivity index (χ0n) is 19.2. The molecule has 0 amide bonds. The summed E-state index contributed by atoms with van der Waals surface area (Å²) in [6, 6.07) is 0.344. The highest BCUT2D eigenvalue weighted by Crippen LogP contribution is 2.42. The topological polar surface area (TPSA) is 102 Å². The van der Waals surface area contributed by atoms with Crippen LogP contribution in [0.5, 0.6) is 0 Å². The number of hydrogen-bond donors (Lipinski definition) is 0. The molecule has 29 heavy (non-hydrogen) atoms. The molecule has 0 N–H and O–H groups in total. The first-order chi connectivity index (χ1) is 13.1. The molecule has 10 heteroatoms. The minimum atomic E-state index is -4.38. The smallest absolute Gasteiger partial charge is 0.227 e. The Bertz CT molecular complexity index is 720. The van der Waals surface area contributed by atoms with Crippen molar-refractivity contribution in [3.8, 4) is 0 Å². The fourth-order valence-corrected chi connectivity index (χ4v) is 25.7. The fraction of sp³-hybridized carbons (Fsp3) is 1.00. The summed E-state index contributed by atoms with van der Waals surface area (Å²) in [7, 11) is -16.4. The van der Waals surface area contributed by atoms with Crippen molar-refractivity contribution in [3.05, 3.63) is 0 Å². The molecule has 0 spiro atoms. The van der Waals surface area contributed by atoms with Crippen molar-refractivity contribution >= 4 is 37.6 Å². The zero-order valence-corrected chi connectivity index (χ0v) is 22.6. The van der Waals surface area contributed by atoms with Crippen LogP contribution in [0.25, 0.3) is 0 Å². The second-order valence-corrected chi connectivity index (χ2v) is 22.4. The van der Waals surface area contributed by atoms with Crippen LogP contribution in [0.3, 0.4) is 0 Å². The molecule has 0 aromatic heterocycles. The standard InChI is InChI=1S/C19H42O6S3Si/c1-7-8-9-10-11-12-13-14-15-16-17-18-29(5,6)19(26(2,20)21,27(3,22)23)28(4,24)25/h7-18H2,1-6H3. The van der Waals surface area contributed by atoms with Gasteiger partial charge in [0.15, 0.2) is 29.5 Å². The molecule has 0 bridgehead atoms. The third-order valence-corrected chi connectivity index (χ3v) is 25.6. The van der Waals surface area contributed by atoms with Gasteiger partial charge in [0.05, 0.1) is 0 Å². The lowest BCUT2D eigenvalue weighted by Gasteiger charge is -2.40. The molecule has 0 fully saturated rings. The summed E-state index contributed by atoms with van der Waals surface area (Å²) >= 11 is 0. The van der Waals surface area contributed by atoms with Gasteiger partial charge < -0.3 is 0 Å². The minimum Gasteiger partial charge on any atom is -0.227 e. The zero-order chi connectivity index (χ0) is 23.0. The van der Waals surface area contributed by atoms with Crippen LogP contribution in [-0.4, -0.2) is 55.1 Å². The second kappa shape index (κ2) is 11.6. The Morgan fingerprint density at radius 2 is 0.828 bits per heavy atom. The summed E-state index contributed by atoms with van der Waals surface area (Å²) in [6.45, 7) is 5.36. The highest BCUT2D eigenvalue weighted by Gasteiger charge is 2.68. The van der Waals surface area contributed by atoms with E-state index in [1.54, 1.807) is 13.1 Å². The number of rotatable bonds is 16.